The first-order valence-electron chi connectivity index (χ1n) is 11.8. The fourth-order valence-corrected chi connectivity index (χ4v) is 4.93. The van der Waals surface area contributed by atoms with Gasteiger partial charge < -0.3 is 9.47 Å². The molecule has 0 heterocycles. The number of hydrogen-bond acceptors (Lipinski definition) is 6. The number of aryl methyl sites for hydroxylation is 1. The first kappa shape index (κ1) is 28.0. The van der Waals surface area contributed by atoms with Crippen LogP contribution in [0.5, 0.6) is 11.5 Å². The predicted molar refractivity (Wildman–Crippen MR) is 146 cm³/mol. The van der Waals surface area contributed by atoms with Crippen LogP contribution in [0.25, 0.3) is 0 Å². The van der Waals surface area contributed by atoms with Crippen molar-refractivity contribution in [2.24, 2.45) is 5.10 Å². The predicted octanol–water partition coefficient (Wildman–Crippen LogP) is 5.18. The third-order valence-electron chi connectivity index (χ3n) is 5.19. The van der Waals surface area contributed by atoms with Crippen molar-refractivity contribution in [2.75, 3.05) is 24.1 Å². The molecule has 0 bridgehead atoms. The van der Waals surface area contributed by atoms with Crippen molar-refractivity contribution in [1.82, 2.24) is 5.43 Å². The van der Waals surface area contributed by atoms with Crippen molar-refractivity contribution in [1.29, 1.82) is 0 Å². The lowest BCUT2D eigenvalue weighted by Gasteiger charge is -2.24. The summed E-state index contributed by atoms with van der Waals surface area (Å²) >= 11 is 6.25. The first-order valence-corrected chi connectivity index (χ1v) is 13.6. The summed E-state index contributed by atoms with van der Waals surface area (Å²) in [5.74, 6) is 0.575. The van der Waals surface area contributed by atoms with Crippen molar-refractivity contribution >= 4 is 39.4 Å². The van der Waals surface area contributed by atoms with E-state index < -0.39 is 22.5 Å². The molecule has 0 aliphatic carbocycles. The minimum Gasteiger partial charge on any atom is -0.490 e. The van der Waals surface area contributed by atoms with Gasteiger partial charge in [-0.25, -0.2) is 13.8 Å². The van der Waals surface area contributed by atoms with E-state index >= 15 is 0 Å². The summed E-state index contributed by atoms with van der Waals surface area (Å²) in [4.78, 5) is 12.8. The first-order chi connectivity index (χ1) is 17.8. The second-order valence-corrected chi connectivity index (χ2v) is 10.3. The number of halogens is 1. The van der Waals surface area contributed by atoms with Gasteiger partial charge in [0.1, 0.15) is 6.54 Å². The summed E-state index contributed by atoms with van der Waals surface area (Å²) < 4.78 is 39.2. The molecule has 0 saturated heterocycles. The summed E-state index contributed by atoms with van der Waals surface area (Å²) in [5, 5.41) is 4.39. The molecule has 10 heteroatoms. The number of nitrogens with one attached hydrogen (secondary N) is 1. The second kappa shape index (κ2) is 13.1. The number of carbonyl (C=O) groups excluding carboxylic acids is 1. The molecule has 0 aromatic heterocycles. The molecular formula is C27H30ClN3O5S. The molecule has 0 aliphatic heterocycles. The molecule has 0 unspecified atom stereocenters. The second-order valence-electron chi connectivity index (χ2n) is 8.04. The zero-order chi connectivity index (χ0) is 26.8. The fourth-order valence-electron chi connectivity index (χ4n) is 3.32. The van der Waals surface area contributed by atoms with Crippen LogP contribution in [0.1, 0.15) is 31.4 Å². The van der Waals surface area contributed by atoms with Gasteiger partial charge in [-0.05, 0) is 73.9 Å². The van der Waals surface area contributed by atoms with Gasteiger partial charge in [0.2, 0.25) is 0 Å². The van der Waals surface area contributed by atoms with E-state index in [-0.39, 0.29) is 10.6 Å². The summed E-state index contributed by atoms with van der Waals surface area (Å²) in [6.45, 7) is 6.24. The van der Waals surface area contributed by atoms with Crippen molar-refractivity contribution in [3.05, 3.63) is 82.9 Å². The Morgan fingerprint density at radius 1 is 1.03 bits per heavy atom. The minimum atomic E-state index is -4.05. The number of benzene rings is 3. The van der Waals surface area contributed by atoms with Gasteiger partial charge in [-0.15, -0.1) is 0 Å². The van der Waals surface area contributed by atoms with Crippen LogP contribution in [0.3, 0.4) is 0 Å². The molecule has 0 fully saturated rings. The van der Waals surface area contributed by atoms with Crippen LogP contribution < -0.4 is 19.2 Å². The Labute approximate surface area is 222 Å². The molecule has 0 saturated carbocycles. The number of sulfonamides is 1. The molecule has 196 valence electrons. The number of rotatable bonds is 12. The third-order valence-corrected chi connectivity index (χ3v) is 7.39. The highest BCUT2D eigenvalue weighted by Gasteiger charge is 2.27. The number of carbonyl (C=O) groups is 1. The highest BCUT2D eigenvalue weighted by atomic mass is 35.5. The Kier molecular flexibility index (Phi) is 9.93. The Hall–Kier alpha value is -3.56. The smallest absolute Gasteiger partial charge is 0.264 e. The van der Waals surface area contributed by atoms with Gasteiger partial charge in [-0.2, -0.15) is 5.10 Å². The highest BCUT2D eigenvalue weighted by Crippen LogP contribution is 2.29. The maximum Gasteiger partial charge on any atom is 0.264 e. The summed E-state index contributed by atoms with van der Waals surface area (Å²) in [6.07, 6.45) is 2.31. The third kappa shape index (κ3) is 7.47. The Morgan fingerprint density at radius 2 is 1.78 bits per heavy atom. The fraction of sp³-hybridized carbons (Fsp3) is 0.259. The number of amides is 1. The van der Waals surface area contributed by atoms with E-state index in [9.17, 15) is 13.2 Å². The summed E-state index contributed by atoms with van der Waals surface area (Å²) in [6, 6.07) is 18.0. The van der Waals surface area contributed by atoms with Gasteiger partial charge in [0, 0.05) is 5.02 Å². The van der Waals surface area contributed by atoms with Crippen LogP contribution in [-0.2, 0) is 14.8 Å². The lowest BCUT2D eigenvalue weighted by atomic mass is 10.2. The van der Waals surface area contributed by atoms with Crippen molar-refractivity contribution in [3.63, 3.8) is 0 Å². The van der Waals surface area contributed by atoms with E-state index in [0.717, 1.165) is 16.3 Å². The number of anilines is 1. The molecular weight excluding hydrogens is 514 g/mol. The van der Waals surface area contributed by atoms with Gasteiger partial charge in [-0.3, -0.25) is 9.10 Å². The number of ether oxygens (including phenoxy) is 2. The Morgan fingerprint density at radius 3 is 2.46 bits per heavy atom. The largest absolute Gasteiger partial charge is 0.490 e. The molecule has 8 nitrogen and oxygen atoms in total. The van der Waals surface area contributed by atoms with Crippen molar-refractivity contribution in [2.45, 2.75) is 32.1 Å². The molecule has 0 radical (unpaired) electrons. The zero-order valence-corrected chi connectivity index (χ0v) is 22.6. The monoisotopic (exact) mass is 543 g/mol. The van der Waals surface area contributed by atoms with E-state index in [1.165, 1.54) is 24.4 Å². The normalized spacial score (nSPS) is 11.4. The summed E-state index contributed by atoms with van der Waals surface area (Å²) in [5.41, 5.74) is 4.13. The maximum atomic E-state index is 13.4. The van der Waals surface area contributed by atoms with E-state index in [0.29, 0.717) is 35.3 Å². The molecule has 0 spiro atoms. The van der Waals surface area contributed by atoms with Crippen LogP contribution in [0, 0.1) is 6.92 Å². The standard InChI is InChI=1S/C27H30ClN3O5S/c1-4-15-36-25-14-12-21(16-26(25)35-5-2)18-29-30-27(32)19-31(22-13-11-20(3)24(28)17-22)37(33,34)23-9-7-6-8-10-23/h6-14,16-18H,4-5,15,19H2,1-3H3,(H,30,32)/b29-18+. The molecule has 1 amide bonds. The zero-order valence-electron chi connectivity index (χ0n) is 21.0. The van der Waals surface area contributed by atoms with E-state index in [1.54, 1.807) is 48.5 Å². The van der Waals surface area contributed by atoms with Gasteiger partial charge >= 0.3 is 0 Å². The molecule has 0 aliphatic rings. The molecule has 3 rings (SSSR count). The van der Waals surface area contributed by atoms with Crippen LogP contribution in [0.15, 0.2) is 76.7 Å². The van der Waals surface area contributed by atoms with Crippen LogP contribution in [-0.4, -0.2) is 40.3 Å². The molecule has 1 N–H and O–H groups in total. The van der Waals surface area contributed by atoms with Crippen LogP contribution in [0.4, 0.5) is 5.69 Å². The number of nitrogens with zero attached hydrogens (tertiary/aromatic N) is 2. The Bertz CT molecular complexity index is 1350. The minimum absolute atomic E-state index is 0.0526. The van der Waals surface area contributed by atoms with Crippen LogP contribution in [0.2, 0.25) is 5.02 Å². The number of hydrogen-bond donors (Lipinski definition) is 1. The average molecular weight is 544 g/mol. The lowest BCUT2D eigenvalue weighted by Crippen LogP contribution is -2.39. The van der Waals surface area contributed by atoms with Gasteiger partial charge in [-0.1, -0.05) is 42.8 Å². The SMILES string of the molecule is CCCOc1ccc(/C=N/NC(=O)CN(c2ccc(C)c(Cl)c2)S(=O)(=O)c2ccccc2)cc1OCC. The number of hydrazone groups is 1. The van der Waals surface area contributed by atoms with E-state index in [4.69, 9.17) is 21.1 Å². The molecule has 0 atom stereocenters. The molecule has 37 heavy (non-hydrogen) atoms. The van der Waals surface area contributed by atoms with Crippen molar-refractivity contribution < 1.29 is 22.7 Å². The van der Waals surface area contributed by atoms with Gasteiger partial charge in [0.15, 0.2) is 11.5 Å². The quantitative estimate of drug-likeness (QED) is 0.251. The molecule has 3 aromatic rings. The lowest BCUT2D eigenvalue weighted by molar-refractivity contribution is -0.119. The molecule has 3 aromatic carbocycles. The maximum absolute atomic E-state index is 13.4. The summed E-state index contributed by atoms with van der Waals surface area (Å²) in [7, 11) is -4.05. The van der Waals surface area contributed by atoms with Crippen LogP contribution >= 0.6 is 11.6 Å². The van der Waals surface area contributed by atoms with Gasteiger partial charge in [0.05, 0.1) is 30.0 Å². The van der Waals surface area contributed by atoms with Gasteiger partial charge in [0.25, 0.3) is 15.9 Å². The highest BCUT2D eigenvalue weighted by molar-refractivity contribution is 7.92. The van der Waals surface area contributed by atoms with E-state index in [2.05, 4.69) is 10.5 Å². The Balaban J connectivity index is 1.79. The van der Waals surface area contributed by atoms with E-state index in [1.807, 2.05) is 20.8 Å². The average Bonchev–Trinajstić information content (AvgIpc) is 2.89. The van der Waals surface area contributed by atoms with Crippen molar-refractivity contribution in [3.8, 4) is 11.5 Å². The topological polar surface area (TPSA) is 97.3 Å².